The molecule has 3 rings (SSSR count). The Kier molecular flexibility index (Phi) is 4.03. The van der Waals surface area contributed by atoms with Gasteiger partial charge in [0.1, 0.15) is 11.4 Å². The van der Waals surface area contributed by atoms with Gasteiger partial charge in [-0.15, -0.1) is 0 Å². The number of furan rings is 1. The minimum atomic E-state index is -1.39. The van der Waals surface area contributed by atoms with Gasteiger partial charge in [-0.1, -0.05) is 30.3 Å². The first kappa shape index (κ1) is 14.9. The number of amides is 1. The summed E-state index contributed by atoms with van der Waals surface area (Å²) in [5, 5.41) is 10.7. The van der Waals surface area contributed by atoms with Crippen LogP contribution in [0.15, 0.2) is 47.1 Å². The second kappa shape index (κ2) is 5.97. The molecule has 0 radical (unpaired) electrons. The molecule has 0 bridgehead atoms. The molecule has 0 aliphatic carbocycles. The van der Waals surface area contributed by atoms with E-state index in [1.54, 1.807) is 18.1 Å². The summed E-state index contributed by atoms with van der Waals surface area (Å²) >= 11 is 0. The highest BCUT2D eigenvalue weighted by atomic mass is 16.3. The van der Waals surface area contributed by atoms with Crippen LogP contribution < -0.4 is 0 Å². The van der Waals surface area contributed by atoms with Crippen molar-refractivity contribution in [3.63, 3.8) is 0 Å². The molecule has 1 aliphatic rings. The monoisotopic (exact) mass is 299 g/mol. The van der Waals surface area contributed by atoms with Crippen LogP contribution >= 0.6 is 0 Å². The second-order valence-electron chi connectivity index (χ2n) is 6.14. The number of aryl methyl sites for hydroxylation is 1. The molecular formula is C18H21NO3. The van der Waals surface area contributed by atoms with Gasteiger partial charge in [0.25, 0.3) is 5.91 Å². The molecule has 116 valence electrons. The zero-order valence-electron chi connectivity index (χ0n) is 12.8. The van der Waals surface area contributed by atoms with E-state index in [4.69, 9.17) is 4.42 Å². The van der Waals surface area contributed by atoms with E-state index >= 15 is 0 Å². The van der Waals surface area contributed by atoms with Crippen LogP contribution in [-0.4, -0.2) is 28.1 Å². The van der Waals surface area contributed by atoms with E-state index in [9.17, 15) is 9.90 Å². The summed E-state index contributed by atoms with van der Waals surface area (Å²) in [6.45, 7) is 2.76. The van der Waals surface area contributed by atoms with Crippen LogP contribution in [-0.2, 0) is 24.2 Å². The Morgan fingerprint density at radius 3 is 2.86 bits per heavy atom. The van der Waals surface area contributed by atoms with Crippen molar-refractivity contribution in [3.05, 3.63) is 59.5 Å². The molecule has 0 saturated heterocycles. The van der Waals surface area contributed by atoms with Gasteiger partial charge in [-0.05, 0) is 25.0 Å². The highest BCUT2D eigenvalue weighted by Crippen LogP contribution is 2.23. The number of rotatable bonds is 3. The van der Waals surface area contributed by atoms with Crippen molar-refractivity contribution in [2.45, 2.75) is 38.3 Å². The third-order valence-electron chi connectivity index (χ3n) is 4.17. The van der Waals surface area contributed by atoms with Crippen LogP contribution in [0.5, 0.6) is 0 Å². The van der Waals surface area contributed by atoms with E-state index in [-0.39, 0.29) is 5.91 Å². The van der Waals surface area contributed by atoms with Crippen molar-refractivity contribution >= 4 is 5.91 Å². The van der Waals surface area contributed by atoms with Gasteiger partial charge in [0.15, 0.2) is 0 Å². The van der Waals surface area contributed by atoms with Crippen LogP contribution in [0.3, 0.4) is 0 Å². The summed E-state index contributed by atoms with van der Waals surface area (Å²) in [7, 11) is 0. The van der Waals surface area contributed by atoms with Crippen molar-refractivity contribution in [1.29, 1.82) is 0 Å². The van der Waals surface area contributed by atoms with Gasteiger partial charge in [0.05, 0.1) is 6.26 Å². The number of carbonyl (C=O) groups is 1. The van der Waals surface area contributed by atoms with Crippen LogP contribution in [0.25, 0.3) is 0 Å². The largest absolute Gasteiger partial charge is 0.469 e. The summed E-state index contributed by atoms with van der Waals surface area (Å²) < 4.78 is 5.44. The first-order valence-electron chi connectivity index (χ1n) is 7.67. The fourth-order valence-corrected chi connectivity index (χ4v) is 3.03. The van der Waals surface area contributed by atoms with Crippen molar-refractivity contribution in [2.75, 3.05) is 6.54 Å². The van der Waals surface area contributed by atoms with E-state index in [1.165, 1.54) is 0 Å². The SMILES string of the molecule is CC(O)(Cc1ccccc1)C(=O)N1CCCc2occc2C1. The van der Waals surface area contributed by atoms with Gasteiger partial charge in [-0.25, -0.2) is 0 Å². The number of nitrogens with zero attached hydrogens (tertiary/aromatic N) is 1. The van der Waals surface area contributed by atoms with Gasteiger partial charge in [-0.3, -0.25) is 4.79 Å². The molecule has 0 saturated carbocycles. The second-order valence-corrected chi connectivity index (χ2v) is 6.14. The fraction of sp³-hybridized carbons (Fsp3) is 0.389. The molecule has 2 heterocycles. The van der Waals surface area contributed by atoms with Crippen LogP contribution in [0.4, 0.5) is 0 Å². The molecule has 1 atom stereocenters. The van der Waals surface area contributed by atoms with E-state index in [0.29, 0.717) is 19.5 Å². The van der Waals surface area contributed by atoms with Gasteiger partial charge in [-0.2, -0.15) is 0 Å². The van der Waals surface area contributed by atoms with E-state index in [0.717, 1.165) is 29.7 Å². The van der Waals surface area contributed by atoms with Gasteiger partial charge in [0, 0.05) is 31.5 Å². The minimum Gasteiger partial charge on any atom is -0.469 e. The third-order valence-corrected chi connectivity index (χ3v) is 4.17. The molecule has 1 aliphatic heterocycles. The Morgan fingerprint density at radius 2 is 2.09 bits per heavy atom. The summed E-state index contributed by atoms with van der Waals surface area (Å²) in [4.78, 5) is 14.5. The molecule has 1 aromatic carbocycles. The molecule has 0 spiro atoms. The lowest BCUT2D eigenvalue weighted by Gasteiger charge is -2.30. The molecule has 1 N–H and O–H groups in total. The summed E-state index contributed by atoms with van der Waals surface area (Å²) in [5.74, 6) is 0.739. The van der Waals surface area contributed by atoms with Gasteiger partial charge < -0.3 is 14.4 Å². The van der Waals surface area contributed by atoms with Crippen molar-refractivity contribution in [1.82, 2.24) is 4.90 Å². The van der Waals surface area contributed by atoms with E-state index in [1.807, 2.05) is 36.4 Å². The number of carbonyl (C=O) groups excluding carboxylic acids is 1. The average Bonchev–Trinajstić information content (AvgIpc) is 2.84. The molecule has 4 heteroatoms. The lowest BCUT2D eigenvalue weighted by molar-refractivity contribution is -0.150. The predicted octanol–water partition coefficient (Wildman–Crippen LogP) is 2.55. The predicted molar refractivity (Wildman–Crippen MR) is 83.2 cm³/mol. The molecule has 1 amide bonds. The molecule has 22 heavy (non-hydrogen) atoms. The molecule has 1 aromatic heterocycles. The molecule has 0 fully saturated rings. The normalized spacial score (nSPS) is 17.5. The topological polar surface area (TPSA) is 53.7 Å². The lowest BCUT2D eigenvalue weighted by atomic mass is 9.95. The van der Waals surface area contributed by atoms with E-state index < -0.39 is 5.60 Å². The van der Waals surface area contributed by atoms with Crippen molar-refractivity contribution in [2.24, 2.45) is 0 Å². The fourth-order valence-electron chi connectivity index (χ4n) is 3.03. The minimum absolute atomic E-state index is 0.217. The number of hydrogen-bond donors (Lipinski definition) is 1. The first-order chi connectivity index (χ1) is 10.6. The Morgan fingerprint density at radius 1 is 1.32 bits per heavy atom. The van der Waals surface area contributed by atoms with E-state index in [2.05, 4.69) is 0 Å². The quantitative estimate of drug-likeness (QED) is 0.947. The number of aliphatic hydroxyl groups is 1. The number of benzene rings is 1. The standard InChI is InChI=1S/C18H21NO3/c1-18(21,12-14-6-3-2-4-7-14)17(20)19-10-5-8-16-15(13-19)9-11-22-16/h2-4,6-7,9,11,21H,5,8,10,12-13H2,1H3. The van der Waals surface area contributed by atoms with Crippen molar-refractivity contribution < 1.29 is 14.3 Å². The molecule has 4 nitrogen and oxygen atoms in total. The first-order valence-corrected chi connectivity index (χ1v) is 7.67. The van der Waals surface area contributed by atoms with Gasteiger partial charge in [0.2, 0.25) is 0 Å². The lowest BCUT2D eigenvalue weighted by Crippen LogP contribution is -2.48. The summed E-state index contributed by atoms with van der Waals surface area (Å²) in [6, 6.07) is 11.5. The zero-order valence-corrected chi connectivity index (χ0v) is 12.8. The maximum Gasteiger partial charge on any atom is 0.254 e. The Bertz CT molecular complexity index is 645. The highest BCUT2D eigenvalue weighted by molar-refractivity contribution is 5.85. The maximum atomic E-state index is 12.8. The highest BCUT2D eigenvalue weighted by Gasteiger charge is 2.35. The Balaban J connectivity index is 1.75. The van der Waals surface area contributed by atoms with Gasteiger partial charge >= 0.3 is 0 Å². The maximum absolute atomic E-state index is 12.8. The van der Waals surface area contributed by atoms with Crippen LogP contribution in [0.1, 0.15) is 30.2 Å². The van der Waals surface area contributed by atoms with Crippen LogP contribution in [0, 0.1) is 0 Å². The number of fused-ring (bicyclic) bond motifs is 1. The molecule has 2 aromatic rings. The molecular weight excluding hydrogens is 278 g/mol. The summed E-state index contributed by atoms with van der Waals surface area (Å²) in [5.41, 5.74) is 0.608. The van der Waals surface area contributed by atoms with Crippen LogP contribution in [0.2, 0.25) is 0 Å². The average molecular weight is 299 g/mol. The smallest absolute Gasteiger partial charge is 0.254 e. The molecule has 1 unspecified atom stereocenters. The summed E-state index contributed by atoms with van der Waals surface area (Å²) in [6.07, 6.45) is 3.68. The van der Waals surface area contributed by atoms with Crippen molar-refractivity contribution in [3.8, 4) is 0 Å². The third kappa shape index (κ3) is 3.07. The zero-order chi connectivity index (χ0) is 15.6. The number of hydrogen-bond acceptors (Lipinski definition) is 3. The Labute approximate surface area is 130 Å². The Hall–Kier alpha value is -2.07.